The van der Waals surface area contributed by atoms with Crippen molar-refractivity contribution in [3.05, 3.63) is 95.3 Å². The van der Waals surface area contributed by atoms with Gasteiger partial charge in [-0.2, -0.15) is 0 Å². The molecule has 1 atom stereocenters. The Morgan fingerprint density at radius 3 is 2.31 bits per heavy atom. The Balaban J connectivity index is 1.49. The Hall–Kier alpha value is -3.91. The van der Waals surface area contributed by atoms with Gasteiger partial charge < -0.3 is 5.32 Å². The van der Waals surface area contributed by atoms with E-state index in [1.54, 1.807) is 24.3 Å². The topological polar surface area (TPSA) is 79.4 Å². The molecule has 8 heteroatoms. The molecule has 158 valence electrons. The van der Waals surface area contributed by atoms with Crippen molar-refractivity contribution in [1.82, 2.24) is 9.88 Å². The number of nitrogens with one attached hydrogen (secondary N) is 1. The van der Waals surface area contributed by atoms with Crippen molar-refractivity contribution in [3.8, 4) is 0 Å². The van der Waals surface area contributed by atoms with Crippen LogP contribution in [0.2, 0.25) is 0 Å². The summed E-state index contributed by atoms with van der Waals surface area (Å²) in [4.78, 5) is 44.7. The minimum Gasteiger partial charge on any atom is -0.300 e. The summed E-state index contributed by atoms with van der Waals surface area (Å²) < 4.78 is 14.1. The molecule has 2 heterocycles. The molecule has 0 bridgehead atoms. The highest BCUT2D eigenvalue weighted by Gasteiger charge is 2.42. The van der Waals surface area contributed by atoms with Crippen molar-refractivity contribution >= 4 is 44.4 Å². The van der Waals surface area contributed by atoms with E-state index in [9.17, 15) is 18.8 Å². The highest BCUT2D eigenvalue weighted by atomic mass is 32.1. The van der Waals surface area contributed by atoms with Crippen LogP contribution in [0.15, 0.2) is 72.8 Å². The summed E-state index contributed by atoms with van der Waals surface area (Å²) in [5.41, 5.74) is 1.90. The second-order valence-corrected chi connectivity index (χ2v) is 8.38. The number of imide groups is 1. The molecule has 1 aliphatic rings. The van der Waals surface area contributed by atoms with Crippen LogP contribution in [0.25, 0.3) is 10.2 Å². The molecular formula is C24H16FN3O3S. The quantitative estimate of drug-likeness (QED) is 0.465. The number of amides is 3. The van der Waals surface area contributed by atoms with Crippen LogP contribution in [0.1, 0.15) is 26.3 Å². The van der Waals surface area contributed by atoms with Crippen molar-refractivity contribution in [1.29, 1.82) is 0 Å². The maximum absolute atomic E-state index is 13.5. The maximum Gasteiger partial charge on any atom is 0.262 e. The summed E-state index contributed by atoms with van der Waals surface area (Å²) in [7, 11) is 0. The van der Waals surface area contributed by atoms with E-state index in [2.05, 4.69) is 10.3 Å². The zero-order valence-electron chi connectivity index (χ0n) is 16.6. The summed E-state index contributed by atoms with van der Waals surface area (Å²) in [5.74, 6) is -1.95. The molecule has 4 aromatic rings. The number of nitrogens with zero attached hydrogens (tertiary/aromatic N) is 2. The van der Waals surface area contributed by atoms with Crippen molar-refractivity contribution in [2.24, 2.45) is 0 Å². The Labute approximate surface area is 186 Å². The van der Waals surface area contributed by atoms with Crippen LogP contribution in [0, 0.1) is 5.82 Å². The van der Waals surface area contributed by atoms with Crippen LogP contribution < -0.4 is 5.32 Å². The SMILES string of the molecule is O=C(Nc1nc2ccc(F)cc2s1)C(Cc1ccccc1)N1C(=O)c2ccccc2C1=O. The summed E-state index contributed by atoms with van der Waals surface area (Å²) in [6.45, 7) is 0. The molecule has 3 aromatic carbocycles. The second-order valence-electron chi connectivity index (χ2n) is 7.35. The molecule has 5 rings (SSSR count). The molecule has 0 aliphatic carbocycles. The van der Waals surface area contributed by atoms with Gasteiger partial charge in [0.15, 0.2) is 5.13 Å². The third-order valence-corrected chi connectivity index (χ3v) is 6.23. The van der Waals surface area contributed by atoms with E-state index < -0.39 is 29.6 Å². The van der Waals surface area contributed by atoms with Gasteiger partial charge in [0.1, 0.15) is 11.9 Å². The van der Waals surface area contributed by atoms with Gasteiger partial charge in [0, 0.05) is 6.42 Å². The van der Waals surface area contributed by atoms with Gasteiger partial charge in [-0.25, -0.2) is 9.37 Å². The fourth-order valence-electron chi connectivity index (χ4n) is 3.77. The lowest BCUT2D eigenvalue weighted by molar-refractivity contribution is -0.119. The summed E-state index contributed by atoms with van der Waals surface area (Å²) >= 11 is 1.12. The maximum atomic E-state index is 13.5. The normalized spacial score (nSPS) is 14.0. The van der Waals surface area contributed by atoms with E-state index in [4.69, 9.17) is 0 Å². The number of fused-ring (bicyclic) bond motifs is 2. The molecular weight excluding hydrogens is 429 g/mol. The Kier molecular flexibility index (Phi) is 4.99. The average Bonchev–Trinajstić information content (AvgIpc) is 3.30. The average molecular weight is 445 g/mol. The van der Waals surface area contributed by atoms with E-state index in [0.29, 0.717) is 10.2 Å². The minimum atomic E-state index is -1.08. The molecule has 0 saturated carbocycles. The molecule has 1 aromatic heterocycles. The Morgan fingerprint density at radius 1 is 0.969 bits per heavy atom. The number of rotatable bonds is 5. The highest BCUT2D eigenvalue weighted by Crippen LogP contribution is 2.29. The number of hydrogen-bond acceptors (Lipinski definition) is 5. The first-order valence-corrected chi connectivity index (χ1v) is 10.7. The summed E-state index contributed by atoms with van der Waals surface area (Å²) in [5, 5.41) is 2.98. The Morgan fingerprint density at radius 2 is 1.62 bits per heavy atom. The molecule has 1 unspecified atom stereocenters. The number of carbonyl (C=O) groups excluding carboxylic acids is 3. The molecule has 0 fully saturated rings. The lowest BCUT2D eigenvalue weighted by Gasteiger charge is -2.25. The van der Waals surface area contributed by atoms with E-state index in [-0.39, 0.29) is 22.7 Å². The summed E-state index contributed by atoms with van der Waals surface area (Å²) in [6.07, 6.45) is 0.150. The van der Waals surface area contributed by atoms with Gasteiger partial charge in [-0.15, -0.1) is 0 Å². The van der Waals surface area contributed by atoms with Crippen LogP contribution in [0.4, 0.5) is 9.52 Å². The number of thiazole rings is 1. The standard InChI is InChI=1S/C24H16FN3O3S/c25-15-10-11-18-20(13-15)32-24(26-18)27-21(29)19(12-14-6-2-1-3-7-14)28-22(30)16-8-4-5-9-17(16)23(28)31/h1-11,13,19H,12H2,(H,26,27,29). The zero-order chi connectivity index (χ0) is 22.2. The number of hydrogen-bond donors (Lipinski definition) is 1. The zero-order valence-corrected chi connectivity index (χ0v) is 17.4. The molecule has 1 N–H and O–H groups in total. The van der Waals surface area contributed by atoms with Gasteiger partial charge in [0.05, 0.1) is 21.3 Å². The highest BCUT2D eigenvalue weighted by molar-refractivity contribution is 7.22. The first kappa shape index (κ1) is 20.0. The van der Waals surface area contributed by atoms with Gasteiger partial charge in [-0.3, -0.25) is 19.3 Å². The molecule has 0 radical (unpaired) electrons. The van der Waals surface area contributed by atoms with Crippen LogP contribution in [0.5, 0.6) is 0 Å². The van der Waals surface area contributed by atoms with Crippen molar-refractivity contribution in [2.75, 3.05) is 5.32 Å². The molecule has 1 aliphatic heterocycles. The molecule has 6 nitrogen and oxygen atoms in total. The van der Waals surface area contributed by atoms with E-state index in [1.165, 1.54) is 18.2 Å². The minimum absolute atomic E-state index is 0.150. The van der Waals surface area contributed by atoms with Gasteiger partial charge in [0.25, 0.3) is 11.8 Å². The fourth-order valence-corrected chi connectivity index (χ4v) is 4.66. The van der Waals surface area contributed by atoms with Crippen molar-refractivity contribution in [2.45, 2.75) is 12.5 Å². The van der Waals surface area contributed by atoms with Gasteiger partial charge in [-0.1, -0.05) is 53.8 Å². The monoisotopic (exact) mass is 445 g/mol. The molecule has 32 heavy (non-hydrogen) atoms. The number of aromatic nitrogens is 1. The fraction of sp³-hybridized carbons (Fsp3) is 0.0833. The van der Waals surface area contributed by atoms with Gasteiger partial charge in [0.2, 0.25) is 5.91 Å². The second kappa shape index (κ2) is 7.97. The van der Waals surface area contributed by atoms with Crippen molar-refractivity contribution in [3.63, 3.8) is 0 Å². The van der Waals surface area contributed by atoms with Crippen molar-refractivity contribution < 1.29 is 18.8 Å². The lowest BCUT2D eigenvalue weighted by atomic mass is 10.0. The number of benzene rings is 3. The third-order valence-electron chi connectivity index (χ3n) is 5.29. The smallest absolute Gasteiger partial charge is 0.262 e. The molecule has 0 saturated heterocycles. The van der Waals surface area contributed by atoms with Crippen LogP contribution in [-0.4, -0.2) is 33.6 Å². The first-order chi connectivity index (χ1) is 15.5. The number of carbonyl (C=O) groups is 3. The summed E-state index contributed by atoms with van der Waals surface area (Å²) in [6, 6.07) is 18.8. The van der Waals surface area contributed by atoms with Gasteiger partial charge in [-0.05, 0) is 35.9 Å². The van der Waals surface area contributed by atoms with Crippen LogP contribution >= 0.6 is 11.3 Å². The Bertz CT molecular complexity index is 1330. The van der Waals surface area contributed by atoms with E-state index >= 15 is 0 Å². The van der Waals surface area contributed by atoms with Gasteiger partial charge >= 0.3 is 0 Å². The predicted octanol–water partition coefficient (Wildman–Crippen LogP) is 4.28. The van der Waals surface area contributed by atoms with Crippen LogP contribution in [-0.2, 0) is 11.2 Å². The first-order valence-electron chi connectivity index (χ1n) is 9.89. The number of anilines is 1. The van der Waals surface area contributed by atoms with E-state index in [1.807, 2.05) is 30.3 Å². The third kappa shape index (κ3) is 3.54. The number of halogens is 1. The predicted molar refractivity (Wildman–Crippen MR) is 119 cm³/mol. The van der Waals surface area contributed by atoms with E-state index in [0.717, 1.165) is 21.8 Å². The van der Waals surface area contributed by atoms with Crippen LogP contribution in [0.3, 0.4) is 0 Å². The lowest BCUT2D eigenvalue weighted by Crippen LogP contribution is -2.48. The molecule has 0 spiro atoms. The largest absolute Gasteiger partial charge is 0.300 e. The molecule has 3 amide bonds.